The summed E-state index contributed by atoms with van der Waals surface area (Å²) in [5.41, 5.74) is 1.06. The molecule has 2 N–H and O–H groups in total. The number of nitrogens with zero attached hydrogens (tertiary/aromatic N) is 3. The van der Waals surface area contributed by atoms with Crippen LogP contribution < -0.4 is 16.6 Å². The van der Waals surface area contributed by atoms with Crippen molar-refractivity contribution in [1.82, 2.24) is 19.7 Å². The summed E-state index contributed by atoms with van der Waals surface area (Å²) in [4.78, 5) is 44.9. The number of hydrogen-bond acceptors (Lipinski definition) is 6. The van der Waals surface area contributed by atoms with Crippen LogP contribution in [0.25, 0.3) is 11.0 Å². The first-order chi connectivity index (χ1) is 13.4. The maximum Gasteiger partial charge on any atom is 0.329 e. The number of aromatic nitrogens is 4. The smallest absolute Gasteiger partial charge is 0.329 e. The SMILES string of the molecule is CCCn1c(=O)[nH]c(=O)c2c(C(=O)Nc3c(C)noc3C)cc(C3CC3)nc21. The minimum atomic E-state index is -0.619. The first kappa shape index (κ1) is 18.1. The summed E-state index contributed by atoms with van der Waals surface area (Å²) < 4.78 is 6.52. The summed E-state index contributed by atoms with van der Waals surface area (Å²) in [6.45, 7) is 5.75. The lowest BCUT2D eigenvalue weighted by molar-refractivity contribution is 0.102. The number of aryl methyl sites for hydroxylation is 3. The van der Waals surface area contributed by atoms with Crippen molar-refractivity contribution in [2.75, 3.05) is 5.32 Å². The molecular formula is C19H21N5O4. The third-order valence-electron chi connectivity index (χ3n) is 4.93. The predicted molar refractivity (Wildman–Crippen MR) is 103 cm³/mol. The molecule has 0 spiro atoms. The molecule has 9 heteroatoms. The van der Waals surface area contributed by atoms with Crippen molar-refractivity contribution in [3.05, 3.63) is 49.6 Å². The number of nitrogens with one attached hydrogen (secondary N) is 2. The molecule has 146 valence electrons. The second-order valence-electron chi connectivity index (χ2n) is 7.13. The highest BCUT2D eigenvalue weighted by molar-refractivity contribution is 6.12. The Bertz CT molecular complexity index is 1180. The van der Waals surface area contributed by atoms with E-state index in [1.54, 1.807) is 19.9 Å². The van der Waals surface area contributed by atoms with E-state index in [-0.39, 0.29) is 22.5 Å². The Morgan fingerprint density at radius 2 is 2.11 bits per heavy atom. The van der Waals surface area contributed by atoms with Gasteiger partial charge in [-0.05, 0) is 39.2 Å². The number of fused-ring (bicyclic) bond motifs is 1. The van der Waals surface area contributed by atoms with Gasteiger partial charge in [-0.3, -0.25) is 19.1 Å². The second-order valence-corrected chi connectivity index (χ2v) is 7.13. The predicted octanol–water partition coefficient (Wildman–Crippen LogP) is 2.23. The van der Waals surface area contributed by atoms with Crippen LogP contribution >= 0.6 is 0 Å². The highest BCUT2D eigenvalue weighted by Crippen LogP contribution is 2.40. The summed E-state index contributed by atoms with van der Waals surface area (Å²) in [5.74, 6) is 0.263. The van der Waals surface area contributed by atoms with Crippen LogP contribution in [0, 0.1) is 13.8 Å². The Morgan fingerprint density at radius 3 is 2.71 bits per heavy atom. The highest BCUT2D eigenvalue weighted by atomic mass is 16.5. The first-order valence-electron chi connectivity index (χ1n) is 9.32. The van der Waals surface area contributed by atoms with Gasteiger partial charge in [0.05, 0.1) is 10.9 Å². The number of carbonyl (C=O) groups is 1. The minimum Gasteiger partial charge on any atom is -0.359 e. The van der Waals surface area contributed by atoms with E-state index in [0.29, 0.717) is 30.1 Å². The van der Waals surface area contributed by atoms with Crippen molar-refractivity contribution in [3.63, 3.8) is 0 Å². The number of anilines is 1. The van der Waals surface area contributed by atoms with Crippen LogP contribution in [0.15, 0.2) is 20.2 Å². The van der Waals surface area contributed by atoms with Gasteiger partial charge in [-0.1, -0.05) is 12.1 Å². The Labute approximate surface area is 159 Å². The number of rotatable bonds is 5. The van der Waals surface area contributed by atoms with Crippen molar-refractivity contribution in [3.8, 4) is 0 Å². The number of pyridine rings is 1. The van der Waals surface area contributed by atoms with Gasteiger partial charge in [0.2, 0.25) is 0 Å². The molecule has 0 radical (unpaired) electrons. The van der Waals surface area contributed by atoms with Crippen LogP contribution in [0.4, 0.5) is 5.69 Å². The van der Waals surface area contributed by atoms with Crippen LogP contribution in [-0.4, -0.2) is 25.6 Å². The van der Waals surface area contributed by atoms with E-state index in [0.717, 1.165) is 18.5 Å². The van der Waals surface area contributed by atoms with E-state index in [4.69, 9.17) is 4.52 Å². The van der Waals surface area contributed by atoms with E-state index in [1.807, 2.05) is 6.92 Å². The van der Waals surface area contributed by atoms with E-state index >= 15 is 0 Å². The zero-order valence-corrected chi connectivity index (χ0v) is 16.0. The summed E-state index contributed by atoms with van der Waals surface area (Å²) in [6, 6.07) is 1.66. The molecule has 9 nitrogen and oxygen atoms in total. The number of amides is 1. The topological polar surface area (TPSA) is 123 Å². The minimum absolute atomic E-state index is 0.113. The maximum absolute atomic E-state index is 13.1. The summed E-state index contributed by atoms with van der Waals surface area (Å²) in [7, 11) is 0. The molecule has 1 aliphatic rings. The van der Waals surface area contributed by atoms with E-state index in [2.05, 4.69) is 20.4 Å². The van der Waals surface area contributed by atoms with E-state index < -0.39 is 17.2 Å². The number of carbonyl (C=O) groups excluding carboxylic acids is 1. The lowest BCUT2D eigenvalue weighted by Crippen LogP contribution is -2.32. The zero-order valence-electron chi connectivity index (χ0n) is 16.0. The van der Waals surface area contributed by atoms with Crippen molar-refractivity contribution < 1.29 is 9.32 Å². The van der Waals surface area contributed by atoms with Crippen molar-refractivity contribution >= 4 is 22.6 Å². The van der Waals surface area contributed by atoms with Crippen molar-refractivity contribution in [2.45, 2.75) is 52.5 Å². The van der Waals surface area contributed by atoms with Crippen molar-refractivity contribution in [1.29, 1.82) is 0 Å². The fourth-order valence-electron chi connectivity index (χ4n) is 3.33. The number of aromatic amines is 1. The van der Waals surface area contributed by atoms with Crippen LogP contribution in [0.1, 0.15) is 59.6 Å². The molecule has 0 saturated heterocycles. The van der Waals surface area contributed by atoms with E-state index in [1.165, 1.54) is 4.57 Å². The average molecular weight is 383 g/mol. The lowest BCUT2D eigenvalue weighted by atomic mass is 10.1. The van der Waals surface area contributed by atoms with Gasteiger partial charge in [0.25, 0.3) is 11.5 Å². The fourth-order valence-corrected chi connectivity index (χ4v) is 3.33. The van der Waals surface area contributed by atoms with Crippen LogP contribution in [0.5, 0.6) is 0 Å². The molecule has 1 amide bonds. The molecular weight excluding hydrogens is 362 g/mol. The molecule has 1 saturated carbocycles. The molecule has 0 aromatic carbocycles. The number of H-pyrrole nitrogens is 1. The molecule has 4 rings (SSSR count). The Kier molecular flexibility index (Phi) is 4.37. The summed E-state index contributed by atoms with van der Waals surface area (Å²) >= 11 is 0. The standard InChI is InChI=1S/C19H21N5O4/c1-4-7-24-16-14(18(26)22-19(24)27)12(8-13(20-16)11-5-6-11)17(25)21-15-9(2)23-28-10(15)3/h8,11H,4-7H2,1-3H3,(H,21,25)(H,22,26,27). The van der Waals surface area contributed by atoms with Gasteiger partial charge in [0.15, 0.2) is 11.4 Å². The molecule has 28 heavy (non-hydrogen) atoms. The van der Waals surface area contributed by atoms with Gasteiger partial charge >= 0.3 is 5.69 Å². The molecule has 0 unspecified atom stereocenters. The molecule has 0 aliphatic heterocycles. The van der Waals surface area contributed by atoms with Gasteiger partial charge in [-0.25, -0.2) is 9.78 Å². The average Bonchev–Trinajstić information content (AvgIpc) is 3.46. The quantitative estimate of drug-likeness (QED) is 0.696. The molecule has 0 bridgehead atoms. The lowest BCUT2D eigenvalue weighted by Gasteiger charge is -2.13. The van der Waals surface area contributed by atoms with Gasteiger partial charge in [0, 0.05) is 18.2 Å². The van der Waals surface area contributed by atoms with Crippen LogP contribution in [0.2, 0.25) is 0 Å². The van der Waals surface area contributed by atoms with E-state index in [9.17, 15) is 14.4 Å². The third-order valence-corrected chi connectivity index (χ3v) is 4.93. The fraction of sp³-hybridized carbons (Fsp3) is 0.421. The molecule has 3 aromatic rings. The van der Waals surface area contributed by atoms with Gasteiger partial charge in [0.1, 0.15) is 11.4 Å². The Balaban J connectivity index is 1.94. The van der Waals surface area contributed by atoms with Gasteiger partial charge in [-0.2, -0.15) is 0 Å². The summed E-state index contributed by atoms with van der Waals surface area (Å²) in [6.07, 6.45) is 2.65. The summed E-state index contributed by atoms with van der Waals surface area (Å²) in [5, 5.41) is 6.73. The molecule has 0 atom stereocenters. The Hall–Kier alpha value is -3.23. The monoisotopic (exact) mass is 383 g/mol. The third kappa shape index (κ3) is 3.02. The van der Waals surface area contributed by atoms with Crippen LogP contribution in [0.3, 0.4) is 0 Å². The zero-order chi connectivity index (χ0) is 20.0. The molecule has 3 aromatic heterocycles. The van der Waals surface area contributed by atoms with Gasteiger partial charge < -0.3 is 9.84 Å². The van der Waals surface area contributed by atoms with Crippen molar-refractivity contribution in [2.24, 2.45) is 0 Å². The highest BCUT2D eigenvalue weighted by Gasteiger charge is 2.29. The second kappa shape index (κ2) is 6.74. The molecule has 1 aliphatic carbocycles. The Morgan fingerprint density at radius 1 is 1.36 bits per heavy atom. The first-order valence-corrected chi connectivity index (χ1v) is 9.32. The normalized spacial score (nSPS) is 13.8. The molecule has 3 heterocycles. The number of hydrogen-bond donors (Lipinski definition) is 2. The maximum atomic E-state index is 13.1. The van der Waals surface area contributed by atoms with Gasteiger partial charge in [-0.15, -0.1) is 0 Å². The molecule has 1 fully saturated rings. The largest absolute Gasteiger partial charge is 0.359 e. The van der Waals surface area contributed by atoms with Crippen LogP contribution in [-0.2, 0) is 6.54 Å².